The van der Waals surface area contributed by atoms with Gasteiger partial charge in [0.2, 0.25) is 5.91 Å². The van der Waals surface area contributed by atoms with E-state index >= 15 is 0 Å². The quantitative estimate of drug-likeness (QED) is 0.832. The molecule has 1 saturated heterocycles. The predicted octanol–water partition coefficient (Wildman–Crippen LogP) is 1.88. The highest BCUT2D eigenvalue weighted by molar-refractivity contribution is 7.11. The lowest BCUT2D eigenvalue weighted by Gasteiger charge is -2.22. The summed E-state index contributed by atoms with van der Waals surface area (Å²) in [6, 6.07) is 0. The minimum absolute atomic E-state index is 0.0556. The standard InChI is InChI=1S/C16H24N2O3S/c19-15(11-20-10-12-4-1-2-9-21-12)17-8-7-16-18-13-5-3-6-14(13)22-16/h12H,1-11H2,(H,17,19)/t12-/m0/s1. The summed E-state index contributed by atoms with van der Waals surface area (Å²) in [6.45, 7) is 2.09. The molecule has 0 spiro atoms. The van der Waals surface area contributed by atoms with Crippen molar-refractivity contribution >= 4 is 17.2 Å². The summed E-state index contributed by atoms with van der Waals surface area (Å²) in [6.07, 6.45) is 7.89. The number of carbonyl (C=O) groups excluding carboxylic acids is 1. The summed E-state index contributed by atoms with van der Waals surface area (Å²) in [5.41, 5.74) is 1.28. The van der Waals surface area contributed by atoms with Crippen LogP contribution >= 0.6 is 11.3 Å². The Bertz CT molecular complexity index is 476. The lowest BCUT2D eigenvalue weighted by Crippen LogP contribution is -2.32. The Morgan fingerprint density at radius 2 is 2.32 bits per heavy atom. The Labute approximate surface area is 135 Å². The van der Waals surface area contributed by atoms with E-state index in [0.29, 0.717) is 13.2 Å². The second-order valence-electron chi connectivity index (χ2n) is 5.93. The summed E-state index contributed by atoms with van der Waals surface area (Å²) in [7, 11) is 0. The molecule has 1 aromatic heterocycles. The van der Waals surface area contributed by atoms with Gasteiger partial charge in [-0.05, 0) is 38.5 Å². The zero-order valence-electron chi connectivity index (χ0n) is 12.9. The maximum Gasteiger partial charge on any atom is 0.246 e. The second kappa shape index (κ2) is 8.04. The minimum Gasteiger partial charge on any atom is -0.376 e. The number of carbonyl (C=O) groups is 1. The maximum atomic E-state index is 11.7. The van der Waals surface area contributed by atoms with Crippen LogP contribution in [0.1, 0.15) is 41.3 Å². The van der Waals surface area contributed by atoms with E-state index in [2.05, 4.69) is 10.3 Å². The summed E-state index contributed by atoms with van der Waals surface area (Å²) < 4.78 is 11.0. The van der Waals surface area contributed by atoms with E-state index in [4.69, 9.17) is 9.47 Å². The van der Waals surface area contributed by atoms with Gasteiger partial charge < -0.3 is 14.8 Å². The van der Waals surface area contributed by atoms with Gasteiger partial charge in [0, 0.05) is 24.4 Å². The van der Waals surface area contributed by atoms with Gasteiger partial charge in [0.1, 0.15) is 6.61 Å². The summed E-state index contributed by atoms with van der Waals surface area (Å²) in [4.78, 5) is 17.8. The predicted molar refractivity (Wildman–Crippen MR) is 85.3 cm³/mol. The van der Waals surface area contributed by atoms with Gasteiger partial charge in [0.15, 0.2) is 0 Å². The molecule has 0 saturated carbocycles. The largest absolute Gasteiger partial charge is 0.376 e. The van der Waals surface area contributed by atoms with E-state index in [0.717, 1.165) is 37.3 Å². The summed E-state index contributed by atoms with van der Waals surface area (Å²) in [5, 5.41) is 4.04. The zero-order valence-corrected chi connectivity index (χ0v) is 13.8. The van der Waals surface area contributed by atoms with Crippen LogP contribution in [-0.2, 0) is 33.5 Å². The Hall–Kier alpha value is -0.980. The second-order valence-corrected chi connectivity index (χ2v) is 7.10. The average Bonchev–Trinajstić information content (AvgIpc) is 3.09. The van der Waals surface area contributed by atoms with E-state index in [1.807, 2.05) is 0 Å². The molecule has 0 unspecified atom stereocenters. The fraction of sp³-hybridized carbons (Fsp3) is 0.750. The Morgan fingerprint density at radius 3 is 3.14 bits per heavy atom. The number of rotatable bonds is 7. The molecule has 22 heavy (non-hydrogen) atoms. The van der Waals surface area contributed by atoms with E-state index in [9.17, 15) is 4.79 Å². The monoisotopic (exact) mass is 324 g/mol. The molecule has 6 heteroatoms. The van der Waals surface area contributed by atoms with E-state index in [-0.39, 0.29) is 18.6 Å². The number of aromatic nitrogens is 1. The molecular formula is C16H24N2O3S. The van der Waals surface area contributed by atoms with Crippen LogP contribution in [0.5, 0.6) is 0 Å². The highest BCUT2D eigenvalue weighted by Crippen LogP contribution is 2.27. The van der Waals surface area contributed by atoms with Gasteiger partial charge in [-0.3, -0.25) is 4.79 Å². The Kier molecular flexibility index (Phi) is 5.81. The third-order valence-corrected chi connectivity index (χ3v) is 5.33. The van der Waals surface area contributed by atoms with Gasteiger partial charge in [-0.2, -0.15) is 0 Å². The van der Waals surface area contributed by atoms with Crippen molar-refractivity contribution in [2.75, 3.05) is 26.4 Å². The number of fused-ring (bicyclic) bond motifs is 1. The lowest BCUT2D eigenvalue weighted by molar-refractivity contribution is -0.127. The molecule has 1 aliphatic carbocycles. The highest BCUT2D eigenvalue weighted by atomic mass is 32.1. The fourth-order valence-corrected chi connectivity index (χ4v) is 4.09. The van der Waals surface area contributed by atoms with Crippen molar-refractivity contribution < 1.29 is 14.3 Å². The number of hydrogen-bond donors (Lipinski definition) is 1. The van der Waals surface area contributed by atoms with Gasteiger partial charge in [-0.1, -0.05) is 0 Å². The van der Waals surface area contributed by atoms with Crippen molar-refractivity contribution in [2.45, 2.75) is 51.0 Å². The number of nitrogens with one attached hydrogen (secondary N) is 1. The van der Waals surface area contributed by atoms with Crippen molar-refractivity contribution in [1.82, 2.24) is 10.3 Å². The van der Waals surface area contributed by atoms with Crippen LogP contribution in [0.2, 0.25) is 0 Å². The topological polar surface area (TPSA) is 60.5 Å². The molecule has 1 amide bonds. The first-order chi connectivity index (χ1) is 10.8. The van der Waals surface area contributed by atoms with Crippen molar-refractivity contribution in [3.05, 3.63) is 15.6 Å². The third-order valence-electron chi connectivity index (χ3n) is 4.11. The number of nitrogens with zero attached hydrogens (tertiary/aromatic N) is 1. The molecule has 5 nitrogen and oxygen atoms in total. The van der Waals surface area contributed by atoms with Gasteiger partial charge in [-0.15, -0.1) is 11.3 Å². The minimum atomic E-state index is -0.0556. The van der Waals surface area contributed by atoms with Gasteiger partial charge in [-0.25, -0.2) is 4.98 Å². The first-order valence-electron chi connectivity index (χ1n) is 8.25. The SMILES string of the molecule is O=C(COC[C@@H]1CCCCO1)NCCc1nc2c(s1)CCC2. The van der Waals surface area contributed by atoms with Crippen molar-refractivity contribution in [1.29, 1.82) is 0 Å². The van der Waals surface area contributed by atoms with Crippen LogP contribution in [0.15, 0.2) is 0 Å². The molecular weight excluding hydrogens is 300 g/mol. The van der Waals surface area contributed by atoms with Crippen molar-refractivity contribution in [3.63, 3.8) is 0 Å². The van der Waals surface area contributed by atoms with E-state index < -0.39 is 0 Å². The number of amides is 1. The summed E-state index contributed by atoms with van der Waals surface area (Å²) in [5.74, 6) is -0.0556. The lowest BCUT2D eigenvalue weighted by atomic mass is 10.1. The average molecular weight is 324 g/mol. The summed E-state index contributed by atoms with van der Waals surface area (Å²) >= 11 is 1.80. The van der Waals surface area contributed by atoms with Crippen molar-refractivity contribution in [3.8, 4) is 0 Å². The van der Waals surface area contributed by atoms with Gasteiger partial charge in [0.25, 0.3) is 0 Å². The first-order valence-corrected chi connectivity index (χ1v) is 9.06. The van der Waals surface area contributed by atoms with Crippen LogP contribution in [0, 0.1) is 0 Å². The molecule has 1 fully saturated rings. The van der Waals surface area contributed by atoms with Crippen LogP contribution < -0.4 is 5.32 Å². The molecule has 0 bridgehead atoms. The smallest absolute Gasteiger partial charge is 0.246 e. The molecule has 1 aliphatic heterocycles. The molecule has 3 rings (SSSR count). The Morgan fingerprint density at radius 1 is 1.36 bits per heavy atom. The third kappa shape index (κ3) is 4.51. The van der Waals surface area contributed by atoms with Crippen LogP contribution in [0.25, 0.3) is 0 Å². The molecule has 1 atom stereocenters. The molecule has 1 aromatic rings. The zero-order chi connectivity index (χ0) is 15.2. The van der Waals surface area contributed by atoms with Crippen molar-refractivity contribution in [2.24, 2.45) is 0 Å². The normalized spacial score (nSPS) is 20.8. The molecule has 122 valence electrons. The van der Waals surface area contributed by atoms with Crippen LogP contribution in [0.4, 0.5) is 0 Å². The number of ether oxygens (including phenoxy) is 2. The molecule has 2 heterocycles. The molecule has 0 aromatic carbocycles. The number of aryl methyl sites for hydroxylation is 2. The van der Waals surface area contributed by atoms with Crippen LogP contribution in [-0.4, -0.2) is 43.4 Å². The van der Waals surface area contributed by atoms with E-state index in [1.165, 1.54) is 29.8 Å². The number of hydrogen-bond acceptors (Lipinski definition) is 5. The molecule has 1 N–H and O–H groups in total. The number of thiazole rings is 1. The Balaban J connectivity index is 1.27. The van der Waals surface area contributed by atoms with Gasteiger partial charge in [0.05, 0.1) is 23.4 Å². The highest BCUT2D eigenvalue weighted by Gasteiger charge is 2.17. The van der Waals surface area contributed by atoms with Gasteiger partial charge >= 0.3 is 0 Å². The molecule has 2 aliphatic rings. The van der Waals surface area contributed by atoms with E-state index in [1.54, 1.807) is 11.3 Å². The van der Waals surface area contributed by atoms with Crippen LogP contribution in [0.3, 0.4) is 0 Å². The fourth-order valence-electron chi connectivity index (χ4n) is 2.93. The first kappa shape index (κ1) is 15.9. The molecule has 0 radical (unpaired) electrons. The maximum absolute atomic E-state index is 11.7.